The molecule has 0 bridgehead atoms. The normalized spacial score (nSPS) is 9.47. The molecule has 0 aliphatic heterocycles. The molecule has 0 saturated carbocycles. The predicted molar refractivity (Wildman–Crippen MR) is 154 cm³/mol. The highest BCUT2D eigenvalue weighted by Gasteiger charge is 2.06. The molecule has 1 N–H and O–H groups in total. The summed E-state index contributed by atoms with van der Waals surface area (Å²) in [4.78, 5) is 4.69. The van der Waals surface area contributed by atoms with Crippen molar-refractivity contribution in [3.8, 4) is 11.4 Å². The van der Waals surface area contributed by atoms with E-state index in [0.29, 0.717) is 6.61 Å². The van der Waals surface area contributed by atoms with Crippen LogP contribution in [-0.2, 0) is 13.0 Å². The molecule has 0 saturated heterocycles. The van der Waals surface area contributed by atoms with Crippen molar-refractivity contribution < 1.29 is 4.74 Å². The highest BCUT2D eigenvalue weighted by atomic mass is 31.0. The maximum atomic E-state index is 5.52. The first kappa shape index (κ1) is 28.9. The molecule has 0 fully saturated rings. The predicted octanol–water partition coefficient (Wildman–Crippen LogP) is 8.21. The standard InChI is InChI=1S/C24H25N3O.2C2H6.CH3P/c1-3-18-5-7-19(8-6-18)16-25-21-15-20-13-14-27(24(20)26-17-21)22-9-11-23(12-10-22)28-4-2;3*1-2/h5-15,17,25H,3-4,16H2,1-2H3;2*1-2H3;2H,1H2. The minimum absolute atomic E-state index is 0.672. The summed E-state index contributed by atoms with van der Waals surface area (Å²) in [7, 11) is 2.72. The van der Waals surface area contributed by atoms with E-state index in [9.17, 15) is 0 Å². The van der Waals surface area contributed by atoms with Crippen LogP contribution in [0, 0.1) is 0 Å². The van der Waals surface area contributed by atoms with E-state index in [1.165, 1.54) is 11.1 Å². The Bertz CT molecular complexity index is 1070. The second-order valence-corrected chi connectivity index (χ2v) is 6.77. The van der Waals surface area contributed by atoms with Gasteiger partial charge in [-0.15, -0.1) is 8.86 Å². The first-order chi connectivity index (χ1) is 16.8. The number of anilines is 1. The number of hydrogen-bond acceptors (Lipinski definition) is 3. The van der Waals surface area contributed by atoms with Crippen LogP contribution in [-0.4, -0.2) is 22.5 Å². The van der Waals surface area contributed by atoms with Gasteiger partial charge < -0.3 is 14.6 Å². The molecule has 0 atom stereocenters. The minimum atomic E-state index is 0.672. The van der Waals surface area contributed by atoms with Crippen molar-refractivity contribution in [1.29, 1.82) is 0 Å². The Labute approximate surface area is 208 Å². The number of aromatic nitrogens is 2. The average molecular weight is 478 g/mol. The fourth-order valence-electron chi connectivity index (χ4n) is 3.30. The number of fused-ring (bicyclic) bond motifs is 1. The van der Waals surface area contributed by atoms with Gasteiger partial charge in [-0.3, -0.25) is 0 Å². The summed E-state index contributed by atoms with van der Waals surface area (Å²) in [6, 6.07) is 21.1. The van der Waals surface area contributed by atoms with Gasteiger partial charge in [0.2, 0.25) is 0 Å². The Morgan fingerprint density at radius 1 is 0.882 bits per heavy atom. The lowest BCUT2D eigenvalue weighted by Crippen LogP contribution is -2.00. The molecule has 4 nitrogen and oxygen atoms in total. The summed E-state index contributed by atoms with van der Waals surface area (Å²) in [6.45, 7) is 13.6. The van der Waals surface area contributed by atoms with Crippen LogP contribution in [0.25, 0.3) is 16.7 Å². The zero-order valence-corrected chi connectivity index (χ0v) is 22.6. The largest absolute Gasteiger partial charge is 0.494 e. The lowest BCUT2D eigenvalue weighted by Gasteiger charge is -2.09. The SMILES string of the molecule is C=P.CC.CC.CCOc1ccc(-n2ccc3cc(NCc4ccc(CC)cc4)cnc32)cc1. The van der Waals surface area contributed by atoms with Crippen LogP contribution in [0.2, 0.25) is 0 Å². The molecule has 5 heteroatoms. The van der Waals surface area contributed by atoms with E-state index in [4.69, 9.17) is 4.74 Å². The number of ether oxygens (including phenoxy) is 1. The first-order valence-corrected chi connectivity index (χ1v) is 12.8. The van der Waals surface area contributed by atoms with E-state index in [0.717, 1.165) is 41.1 Å². The van der Waals surface area contributed by atoms with Gasteiger partial charge in [0, 0.05) is 23.8 Å². The molecule has 182 valence electrons. The monoisotopic (exact) mass is 477 g/mol. The average Bonchev–Trinajstić information content (AvgIpc) is 3.35. The van der Waals surface area contributed by atoms with Crippen LogP contribution in [0.3, 0.4) is 0 Å². The number of nitrogens with one attached hydrogen (secondary N) is 1. The van der Waals surface area contributed by atoms with Gasteiger partial charge in [0.25, 0.3) is 0 Å². The Morgan fingerprint density at radius 2 is 1.50 bits per heavy atom. The third kappa shape index (κ3) is 8.04. The van der Waals surface area contributed by atoms with Gasteiger partial charge in [-0.2, -0.15) is 0 Å². The quantitative estimate of drug-likeness (QED) is 0.273. The van der Waals surface area contributed by atoms with Gasteiger partial charge in [0.1, 0.15) is 11.4 Å². The third-order valence-electron chi connectivity index (χ3n) is 4.88. The van der Waals surface area contributed by atoms with Crippen LogP contribution in [0.5, 0.6) is 5.75 Å². The lowest BCUT2D eigenvalue weighted by molar-refractivity contribution is 0.340. The van der Waals surface area contributed by atoms with Crippen molar-refractivity contribution in [1.82, 2.24) is 9.55 Å². The van der Waals surface area contributed by atoms with Crippen LogP contribution in [0.1, 0.15) is 52.7 Å². The Balaban J connectivity index is 0.000000894. The molecule has 0 unspecified atom stereocenters. The molecule has 0 amide bonds. The second kappa shape index (κ2) is 16.5. The molecule has 2 heterocycles. The number of aryl methyl sites for hydroxylation is 1. The molecule has 0 aliphatic carbocycles. The van der Waals surface area contributed by atoms with E-state index in [1.54, 1.807) is 0 Å². The Kier molecular flexibility index (Phi) is 14.0. The topological polar surface area (TPSA) is 39.1 Å². The molecular weight excluding hydrogens is 437 g/mol. The molecular formula is C29H40N3OP. The van der Waals surface area contributed by atoms with E-state index in [1.807, 2.05) is 52.9 Å². The minimum Gasteiger partial charge on any atom is -0.494 e. The fourth-order valence-corrected chi connectivity index (χ4v) is 3.30. The number of hydrogen-bond donors (Lipinski definition) is 1. The second-order valence-electron chi connectivity index (χ2n) is 6.77. The first-order valence-electron chi connectivity index (χ1n) is 12.1. The maximum Gasteiger partial charge on any atom is 0.144 e. The van der Waals surface area contributed by atoms with Crippen molar-refractivity contribution in [2.24, 2.45) is 0 Å². The molecule has 4 rings (SSSR count). The summed E-state index contributed by atoms with van der Waals surface area (Å²) in [5.41, 5.74) is 5.67. The van der Waals surface area contributed by atoms with Crippen LogP contribution < -0.4 is 10.1 Å². The summed E-state index contributed by atoms with van der Waals surface area (Å²) in [5.74, 6) is 0.883. The highest BCUT2D eigenvalue weighted by Crippen LogP contribution is 2.23. The van der Waals surface area contributed by atoms with Gasteiger partial charge in [-0.25, -0.2) is 4.98 Å². The summed E-state index contributed by atoms with van der Waals surface area (Å²) >= 11 is 0. The van der Waals surface area contributed by atoms with Crippen molar-refractivity contribution in [2.75, 3.05) is 11.9 Å². The van der Waals surface area contributed by atoms with E-state index in [-0.39, 0.29) is 0 Å². The fraction of sp³-hybridized carbons (Fsp3) is 0.310. The maximum absolute atomic E-state index is 5.52. The zero-order valence-electron chi connectivity index (χ0n) is 21.6. The summed E-state index contributed by atoms with van der Waals surface area (Å²) < 4.78 is 7.62. The lowest BCUT2D eigenvalue weighted by atomic mass is 10.1. The van der Waals surface area contributed by atoms with Gasteiger partial charge in [0.15, 0.2) is 0 Å². The van der Waals surface area contributed by atoms with Crippen molar-refractivity contribution in [2.45, 2.75) is 54.5 Å². The van der Waals surface area contributed by atoms with E-state index < -0.39 is 0 Å². The van der Waals surface area contributed by atoms with Gasteiger partial charge >= 0.3 is 0 Å². The van der Waals surface area contributed by atoms with E-state index >= 15 is 0 Å². The molecule has 0 radical (unpaired) electrons. The number of benzene rings is 2. The summed E-state index contributed by atoms with van der Waals surface area (Å²) in [5, 5.41) is 4.58. The molecule has 0 spiro atoms. The summed E-state index contributed by atoms with van der Waals surface area (Å²) in [6.07, 6.45) is 8.08. The Morgan fingerprint density at radius 3 is 2.09 bits per heavy atom. The van der Waals surface area contributed by atoms with Gasteiger partial charge in [0.05, 0.1) is 18.5 Å². The molecule has 34 heavy (non-hydrogen) atoms. The molecule has 2 aromatic heterocycles. The number of pyridine rings is 1. The van der Waals surface area contributed by atoms with Crippen molar-refractivity contribution in [3.05, 3.63) is 84.2 Å². The van der Waals surface area contributed by atoms with Crippen molar-refractivity contribution in [3.63, 3.8) is 0 Å². The van der Waals surface area contributed by atoms with Crippen LogP contribution in [0.4, 0.5) is 5.69 Å². The van der Waals surface area contributed by atoms with Gasteiger partial charge in [-0.05, 0) is 60.9 Å². The molecule has 2 aromatic carbocycles. The number of rotatable bonds is 7. The van der Waals surface area contributed by atoms with Crippen LogP contribution >= 0.6 is 8.86 Å². The molecule has 0 aliphatic rings. The number of nitrogens with zero attached hydrogens (tertiary/aromatic N) is 2. The smallest absolute Gasteiger partial charge is 0.144 e. The van der Waals surface area contributed by atoms with Gasteiger partial charge in [-0.1, -0.05) is 65.2 Å². The van der Waals surface area contributed by atoms with E-state index in [2.05, 4.69) is 91.7 Å². The Hall–Kier alpha value is -3.10. The third-order valence-corrected chi connectivity index (χ3v) is 4.88. The highest BCUT2D eigenvalue weighted by molar-refractivity contribution is 7.15. The molecule has 4 aromatic rings. The zero-order chi connectivity index (χ0) is 25.3. The van der Waals surface area contributed by atoms with Crippen LogP contribution in [0.15, 0.2) is 73.1 Å². The van der Waals surface area contributed by atoms with Crippen molar-refractivity contribution >= 4 is 31.9 Å².